The van der Waals surface area contributed by atoms with Gasteiger partial charge in [-0.3, -0.25) is 9.13 Å². The van der Waals surface area contributed by atoms with Gasteiger partial charge in [0.15, 0.2) is 0 Å². The van der Waals surface area contributed by atoms with Crippen LogP contribution >= 0.6 is 15.2 Å². The number of hydrogen-bond donors (Lipinski definition) is 4. The molecule has 8 heteroatoms. The standard InChI is InChI=1S/C8H12O6P2/c1-6-2-7(5-15(9,10)11)4-8(3-6)16(12,13)14/h2-4H,5H2,1H3,(H2,9,10,11)(H2,12,13,14). The predicted molar refractivity (Wildman–Crippen MR) is 58.6 cm³/mol. The van der Waals surface area contributed by atoms with Crippen LogP contribution in [0.5, 0.6) is 0 Å². The fourth-order valence-electron chi connectivity index (χ4n) is 1.34. The van der Waals surface area contributed by atoms with Crippen molar-refractivity contribution in [1.29, 1.82) is 0 Å². The monoisotopic (exact) mass is 266 g/mol. The molecule has 1 aromatic carbocycles. The molecule has 0 radical (unpaired) electrons. The molecule has 0 heterocycles. The first-order chi connectivity index (χ1) is 7.08. The van der Waals surface area contributed by atoms with Crippen LogP contribution in [0.4, 0.5) is 0 Å². The van der Waals surface area contributed by atoms with Gasteiger partial charge in [0.05, 0.1) is 11.5 Å². The predicted octanol–water partition coefficient (Wildman–Crippen LogP) is 0.476. The van der Waals surface area contributed by atoms with Crippen molar-refractivity contribution in [2.24, 2.45) is 0 Å². The van der Waals surface area contributed by atoms with Crippen LogP contribution in [0.1, 0.15) is 11.1 Å². The van der Waals surface area contributed by atoms with Crippen LogP contribution < -0.4 is 5.30 Å². The lowest BCUT2D eigenvalue weighted by Gasteiger charge is -2.09. The quantitative estimate of drug-likeness (QED) is 0.591. The van der Waals surface area contributed by atoms with Crippen molar-refractivity contribution >= 4 is 20.5 Å². The van der Waals surface area contributed by atoms with Gasteiger partial charge >= 0.3 is 15.2 Å². The summed E-state index contributed by atoms with van der Waals surface area (Å²) in [5.41, 5.74) is 0.760. The number of rotatable bonds is 3. The van der Waals surface area contributed by atoms with Gasteiger partial charge in [-0.1, -0.05) is 6.07 Å². The second kappa shape index (κ2) is 4.41. The molecule has 0 saturated carbocycles. The highest BCUT2D eigenvalue weighted by Gasteiger charge is 2.20. The average molecular weight is 266 g/mol. The number of benzene rings is 1. The van der Waals surface area contributed by atoms with Crippen LogP contribution in [0.2, 0.25) is 0 Å². The average Bonchev–Trinajstić information content (AvgIpc) is 1.97. The first kappa shape index (κ1) is 13.6. The van der Waals surface area contributed by atoms with Crippen LogP contribution in [0.25, 0.3) is 0 Å². The van der Waals surface area contributed by atoms with Crippen LogP contribution in [0.3, 0.4) is 0 Å². The first-order valence-corrected chi connectivity index (χ1v) is 7.70. The third kappa shape index (κ3) is 4.18. The smallest absolute Gasteiger partial charge is 0.324 e. The van der Waals surface area contributed by atoms with E-state index >= 15 is 0 Å². The number of aryl methyl sites for hydroxylation is 1. The summed E-state index contributed by atoms with van der Waals surface area (Å²) in [5, 5.41) is -0.226. The van der Waals surface area contributed by atoms with Gasteiger partial charge in [0.1, 0.15) is 0 Å². The summed E-state index contributed by atoms with van der Waals surface area (Å²) in [6, 6.07) is 3.90. The largest absolute Gasteiger partial charge is 0.356 e. The molecule has 0 aliphatic heterocycles. The zero-order valence-electron chi connectivity index (χ0n) is 8.44. The summed E-state index contributed by atoms with van der Waals surface area (Å²) in [7, 11) is -8.62. The molecule has 0 aliphatic rings. The van der Waals surface area contributed by atoms with Gasteiger partial charge in [-0.25, -0.2) is 0 Å². The van der Waals surface area contributed by atoms with Crippen LogP contribution in [-0.2, 0) is 15.3 Å². The zero-order valence-corrected chi connectivity index (χ0v) is 10.2. The van der Waals surface area contributed by atoms with Crippen LogP contribution in [0.15, 0.2) is 18.2 Å². The maximum atomic E-state index is 11.0. The lowest BCUT2D eigenvalue weighted by molar-refractivity contribution is 0.371. The van der Waals surface area contributed by atoms with E-state index in [2.05, 4.69) is 0 Å². The molecule has 4 N–H and O–H groups in total. The molecular formula is C8H12O6P2. The Hall–Kier alpha value is -0.480. The normalized spacial score (nSPS) is 12.8. The van der Waals surface area contributed by atoms with Gasteiger partial charge in [-0.2, -0.15) is 0 Å². The molecule has 0 amide bonds. The van der Waals surface area contributed by atoms with E-state index in [1.807, 2.05) is 0 Å². The van der Waals surface area contributed by atoms with Crippen molar-refractivity contribution in [3.8, 4) is 0 Å². The molecule has 0 aromatic heterocycles. The Morgan fingerprint density at radius 1 is 1.06 bits per heavy atom. The molecule has 1 aromatic rings. The Kier molecular flexibility index (Phi) is 3.75. The van der Waals surface area contributed by atoms with Crippen molar-refractivity contribution in [3.63, 3.8) is 0 Å². The van der Waals surface area contributed by atoms with E-state index in [-0.39, 0.29) is 10.9 Å². The Labute approximate surface area is 92.3 Å². The van der Waals surface area contributed by atoms with Gasteiger partial charge in [-0.05, 0) is 30.2 Å². The fourth-order valence-corrected chi connectivity index (χ4v) is 2.70. The molecule has 0 spiro atoms. The molecule has 1 rings (SSSR count). The van der Waals surface area contributed by atoms with E-state index in [4.69, 9.17) is 19.6 Å². The van der Waals surface area contributed by atoms with Crippen molar-refractivity contribution < 1.29 is 28.7 Å². The van der Waals surface area contributed by atoms with Gasteiger partial charge in [0, 0.05) is 0 Å². The summed E-state index contributed by atoms with van der Waals surface area (Å²) in [6.45, 7) is 1.60. The second-order valence-corrected chi connectivity index (χ2v) is 6.79. The van der Waals surface area contributed by atoms with Gasteiger partial charge in [-0.15, -0.1) is 0 Å². The SMILES string of the molecule is Cc1cc(CP(=O)(O)O)cc(P(=O)(O)O)c1. The van der Waals surface area contributed by atoms with Gasteiger partial charge < -0.3 is 19.6 Å². The molecule has 0 fully saturated rings. The molecule has 6 nitrogen and oxygen atoms in total. The fraction of sp³-hybridized carbons (Fsp3) is 0.250. The van der Waals surface area contributed by atoms with Gasteiger partial charge in [0.25, 0.3) is 0 Å². The van der Waals surface area contributed by atoms with Crippen LogP contribution in [-0.4, -0.2) is 19.6 Å². The first-order valence-electron chi connectivity index (χ1n) is 4.29. The molecule has 90 valence electrons. The summed E-state index contributed by atoms with van der Waals surface area (Å²) < 4.78 is 21.8. The zero-order chi connectivity index (χ0) is 12.6. The minimum absolute atomic E-state index is 0.214. The molecule has 0 aliphatic carbocycles. The van der Waals surface area contributed by atoms with E-state index in [0.29, 0.717) is 5.56 Å². The highest BCUT2D eigenvalue weighted by molar-refractivity contribution is 7.60. The summed E-state index contributed by atoms with van der Waals surface area (Å²) in [5.74, 6) is 0. The van der Waals surface area contributed by atoms with E-state index < -0.39 is 21.4 Å². The van der Waals surface area contributed by atoms with E-state index in [1.54, 1.807) is 6.92 Å². The molecule has 0 unspecified atom stereocenters. The highest BCUT2D eigenvalue weighted by atomic mass is 31.2. The maximum Gasteiger partial charge on any atom is 0.356 e. The highest BCUT2D eigenvalue weighted by Crippen LogP contribution is 2.40. The summed E-state index contributed by atoms with van der Waals surface area (Å²) in [6.07, 6.45) is -0.526. The van der Waals surface area contributed by atoms with Gasteiger partial charge in [0.2, 0.25) is 0 Å². The molecule has 16 heavy (non-hydrogen) atoms. The molecule has 0 saturated heterocycles. The maximum absolute atomic E-state index is 11.0. The van der Waals surface area contributed by atoms with E-state index in [0.717, 1.165) is 6.07 Å². The Balaban J connectivity index is 3.19. The minimum Gasteiger partial charge on any atom is -0.324 e. The molecule has 0 atom stereocenters. The van der Waals surface area contributed by atoms with Crippen molar-refractivity contribution in [3.05, 3.63) is 29.3 Å². The molecule has 0 bridgehead atoms. The summed E-state index contributed by atoms with van der Waals surface area (Å²) in [4.78, 5) is 35.5. The Morgan fingerprint density at radius 3 is 2.06 bits per heavy atom. The summed E-state index contributed by atoms with van der Waals surface area (Å²) >= 11 is 0. The number of hydrogen-bond acceptors (Lipinski definition) is 2. The Morgan fingerprint density at radius 2 is 1.62 bits per heavy atom. The third-order valence-electron chi connectivity index (χ3n) is 1.85. The van der Waals surface area contributed by atoms with E-state index in [1.165, 1.54) is 12.1 Å². The van der Waals surface area contributed by atoms with Crippen molar-refractivity contribution in [2.45, 2.75) is 13.1 Å². The van der Waals surface area contributed by atoms with E-state index in [9.17, 15) is 9.13 Å². The minimum atomic E-state index is -4.39. The van der Waals surface area contributed by atoms with Crippen molar-refractivity contribution in [1.82, 2.24) is 0 Å². The molecular weight excluding hydrogens is 254 g/mol. The van der Waals surface area contributed by atoms with Crippen LogP contribution in [0, 0.1) is 6.92 Å². The third-order valence-corrected chi connectivity index (χ3v) is 3.55. The lowest BCUT2D eigenvalue weighted by Crippen LogP contribution is -2.06. The topological polar surface area (TPSA) is 115 Å². The lowest BCUT2D eigenvalue weighted by atomic mass is 10.2. The second-order valence-electron chi connectivity index (χ2n) is 3.54. The Bertz CT molecular complexity index is 485. The van der Waals surface area contributed by atoms with Crippen molar-refractivity contribution in [2.75, 3.05) is 0 Å².